The highest BCUT2D eigenvalue weighted by Crippen LogP contribution is 2.31. The zero-order chi connectivity index (χ0) is 14.8. The van der Waals surface area contributed by atoms with Gasteiger partial charge in [0, 0.05) is 11.8 Å². The Labute approximate surface area is 112 Å². The van der Waals surface area contributed by atoms with Crippen molar-refractivity contribution in [2.75, 3.05) is 0 Å². The first-order valence-corrected chi connectivity index (χ1v) is 5.66. The number of rotatable bonds is 3. The van der Waals surface area contributed by atoms with Crippen molar-refractivity contribution in [3.63, 3.8) is 0 Å². The summed E-state index contributed by atoms with van der Waals surface area (Å²) in [6, 6.07) is 5.04. The molecule has 0 fully saturated rings. The predicted molar refractivity (Wildman–Crippen MR) is 64.8 cm³/mol. The summed E-state index contributed by atoms with van der Waals surface area (Å²) < 4.78 is 51.1. The van der Waals surface area contributed by atoms with Gasteiger partial charge in [-0.3, -0.25) is 10.8 Å². The molecule has 0 aliphatic rings. The van der Waals surface area contributed by atoms with E-state index in [0.717, 1.165) is 18.3 Å². The average Bonchev–Trinajstić information content (AvgIpc) is 2.41. The van der Waals surface area contributed by atoms with Crippen LogP contribution >= 0.6 is 0 Å². The predicted octanol–water partition coefficient (Wildman–Crippen LogP) is 2.79. The molecule has 3 N–H and O–H groups in total. The summed E-state index contributed by atoms with van der Waals surface area (Å²) in [5, 5.41) is 0. The van der Waals surface area contributed by atoms with Crippen LogP contribution < -0.4 is 11.3 Å². The molecule has 0 amide bonds. The third-order valence-electron chi connectivity index (χ3n) is 2.85. The van der Waals surface area contributed by atoms with Crippen LogP contribution in [0, 0.1) is 5.82 Å². The molecular formula is C13H11F4N3. The Morgan fingerprint density at radius 3 is 2.25 bits per heavy atom. The lowest BCUT2D eigenvalue weighted by Crippen LogP contribution is -2.29. The Morgan fingerprint density at radius 2 is 1.75 bits per heavy atom. The molecule has 2 rings (SSSR count). The third-order valence-corrected chi connectivity index (χ3v) is 2.85. The van der Waals surface area contributed by atoms with Gasteiger partial charge in [-0.2, -0.15) is 13.2 Å². The molecule has 0 saturated heterocycles. The van der Waals surface area contributed by atoms with Crippen molar-refractivity contribution in [2.24, 2.45) is 5.84 Å². The quantitative estimate of drug-likeness (QED) is 0.518. The number of aromatic nitrogens is 1. The molecule has 0 radical (unpaired) electrons. The molecule has 20 heavy (non-hydrogen) atoms. The Balaban J connectivity index is 2.36. The molecule has 7 heteroatoms. The molecule has 0 saturated carbocycles. The Bertz CT molecular complexity index is 581. The Morgan fingerprint density at radius 1 is 1.10 bits per heavy atom. The van der Waals surface area contributed by atoms with Crippen molar-refractivity contribution in [1.29, 1.82) is 0 Å². The lowest BCUT2D eigenvalue weighted by molar-refractivity contribution is -0.137. The molecule has 1 unspecified atom stereocenters. The number of nitrogens with two attached hydrogens (primary N) is 1. The summed E-state index contributed by atoms with van der Waals surface area (Å²) in [5.41, 5.74) is 2.25. The van der Waals surface area contributed by atoms with Gasteiger partial charge in [-0.15, -0.1) is 0 Å². The second-order valence-electron chi connectivity index (χ2n) is 4.12. The lowest BCUT2D eigenvalue weighted by Gasteiger charge is -2.18. The minimum atomic E-state index is -4.41. The van der Waals surface area contributed by atoms with Gasteiger partial charge >= 0.3 is 6.18 Å². The summed E-state index contributed by atoms with van der Waals surface area (Å²) in [6.45, 7) is 0. The van der Waals surface area contributed by atoms with Crippen LogP contribution in [0.15, 0.2) is 42.7 Å². The smallest absolute Gasteiger partial charge is 0.271 e. The number of hydrogen-bond donors (Lipinski definition) is 2. The molecule has 2 aromatic rings. The van der Waals surface area contributed by atoms with Crippen molar-refractivity contribution in [3.8, 4) is 0 Å². The fourth-order valence-electron chi connectivity index (χ4n) is 1.85. The van der Waals surface area contributed by atoms with E-state index in [1.54, 1.807) is 0 Å². The maximum Gasteiger partial charge on any atom is 0.416 e. The monoisotopic (exact) mass is 285 g/mol. The van der Waals surface area contributed by atoms with Gasteiger partial charge in [0.05, 0.1) is 17.8 Å². The summed E-state index contributed by atoms with van der Waals surface area (Å²) >= 11 is 0. The van der Waals surface area contributed by atoms with Gasteiger partial charge in [-0.05, 0) is 23.8 Å². The normalized spacial score (nSPS) is 13.2. The summed E-state index contributed by atoms with van der Waals surface area (Å²) in [6.07, 6.45) is -2.01. The molecule has 1 atom stereocenters. The Kier molecular flexibility index (Phi) is 4.01. The number of halogens is 4. The van der Waals surface area contributed by atoms with Crippen LogP contribution in [0.3, 0.4) is 0 Å². The van der Waals surface area contributed by atoms with E-state index in [9.17, 15) is 17.6 Å². The van der Waals surface area contributed by atoms with Crippen LogP contribution in [0.4, 0.5) is 17.6 Å². The Hall–Kier alpha value is -1.99. The third kappa shape index (κ3) is 2.94. The van der Waals surface area contributed by atoms with Gasteiger partial charge in [0.2, 0.25) is 0 Å². The zero-order valence-corrected chi connectivity index (χ0v) is 10.2. The van der Waals surface area contributed by atoms with E-state index in [1.807, 2.05) is 0 Å². The van der Waals surface area contributed by atoms with E-state index in [-0.39, 0.29) is 5.56 Å². The molecule has 106 valence electrons. The van der Waals surface area contributed by atoms with Crippen molar-refractivity contribution in [1.82, 2.24) is 10.4 Å². The van der Waals surface area contributed by atoms with Crippen molar-refractivity contribution >= 4 is 0 Å². The largest absolute Gasteiger partial charge is 0.416 e. The maximum atomic E-state index is 13.6. The number of hydrazine groups is 1. The fraction of sp³-hybridized carbons (Fsp3) is 0.154. The first-order chi connectivity index (χ1) is 9.43. The van der Waals surface area contributed by atoms with Crippen LogP contribution in [-0.4, -0.2) is 4.98 Å². The highest BCUT2D eigenvalue weighted by Gasteiger charge is 2.30. The molecule has 1 aromatic heterocycles. The fourth-order valence-corrected chi connectivity index (χ4v) is 1.85. The van der Waals surface area contributed by atoms with Gasteiger partial charge in [0.25, 0.3) is 0 Å². The highest BCUT2D eigenvalue weighted by atomic mass is 19.4. The number of benzene rings is 1. The minimum Gasteiger partial charge on any atom is -0.271 e. The summed E-state index contributed by atoms with van der Waals surface area (Å²) in [7, 11) is 0. The van der Waals surface area contributed by atoms with Crippen molar-refractivity contribution < 1.29 is 17.6 Å². The van der Waals surface area contributed by atoms with Crippen molar-refractivity contribution in [2.45, 2.75) is 12.2 Å². The first kappa shape index (κ1) is 14.4. The molecule has 0 aliphatic carbocycles. The highest BCUT2D eigenvalue weighted by molar-refractivity contribution is 5.33. The number of nitrogens with one attached hydrogen (secondary N) is 1. The van der Waals surface area contributed by atoms with Crippen LogP contribution in [-0.2, 0) is 6.18 Å². The summed E-state index contributed by atoms with van der Waals surface area (Å²) in [4.78, 5) is 3.61. The van der Waals surface area contributed by atoms with E-state index in [0.29, 0.717) is 5.56 Å². The maximum absolute atomic E-state index is 13.6. The zero-order valence-electron chi connectivity index (χ0n) is 10.2. The first-order valence-electron chi connectivity index (χ1n) is 5.66. The molecule has 1 aromatic carbocycles. The van der Waals surface area contributed by atoms with Crippen molar-refractivity contribution in [3.05, 3.63) is 65.2 Å². The number of pyridine rings is 1. The molecule has 0 aliphatic heterocycles. The topological polar surface area (TPSA) is 50.9 Å². The van der Waals surface area contributed by atoms with Crippen LogP contribution in [0.25, 0.3) is 0 Å². The molecule has 0 spiro atoms. The molecule has 3 nitrogen and oxygen atoms in total. The van der Waals surface area contributed by atoms with Gasteiger partial charge in [0.1, 0.15) is 5.82 Å². The number of hydrogen-bond acceptors (Lipinski definition) is 3. The second-order valence-corrected chi connectivity index (χ2v) is 4.12. The minimum absolute atomic E-state index is 0.210. The van der Waals surface area contributed by atoms with E-state index in [4.69, 9.17) is 5.84 Å². The molecular weight excluding hydrogens is 274 g/mol. The van der Waals surface area contributed by atoms with Gasteiger partial charge in [-0.25, -0.2) is 9.82 Å². The number of nitrogens with zero attached hydrogens (tertiary/aromatic N) is 1. The van der Waals surface area contributed by atoms with Crippen LogP contribution in [0.2, 0.25) is 0 Å². The second kappa shape index (κ2) is 5.56. The standard InChI is InChI=1S/C13H11F4N3/c14-11-7-19-6-5-10(11)12(20-18)8-1-3-9(4-2-8)13(15,16)17/h1-7,12,20H,18H2. The SMILES string of the molecule is NNC(c1ccc(C(F)(F)F)cc1)c1ccncc1F. The van der Waals surface area contributed by atoms with Crippen LogP contribution in [0.1, 0.15) is 22.7 Å². The lowest BCUT2D eigenvalue weighted by atomic mass is 9.98. The number of alkyl halides is 3. The van der Waals surface area contributed by atoms with Gasteiger partial charge < -0.3 is 0 Å². The van der Waals surface area contributed by atoms with Crippen LogP contribution in [0.5, 0.6) is 0 Å². The molecule has 1 heterocycles. The summed E-state index contributed by atoms with van der Waals surface area (Å²) in [5.74, 6) is 4.78. The average molecular weight is 285 g/mol. The van der Waals surface area contributed by atoms with E-state index >= 15 is 0 Å². The van der Waals surface area contributed by atoms with E-state index < -0.39 is 23.6 Å². The van der Waals surface area contributed by atoms with Gasteiger partial charge in [0.15, 0.2) is 0 Å². The van der Waals surface area contributed by atoms with E-state index in [1.165, 1.54) is 24.4 Å². The van der Waals surface area contributed by atoms with Gasteiger partial charge in [-0.1, -0.05) is 12.1 Å². The van der Waals surface area contributed by atoms with E-state index in [2.05, 4.69) is 10.4 Å². The molecule has 0 bridgehead atoms.